The normalized spacial score (nSPS) is 14.4. The Morgan fingerprint density at radius 3 is 2.00 bits per heavy atom. The second-order valence-electron chi connectivity index (χ2n) is 2.73. The fourth-order valence-corrected chi connectivity index (χ4v) is 0.897. The molecule has 0 saturated carbocycles. The third-order valence-corrected chi connectivity index (χ3v) is 1.68. The average molecular weight is 174 g/mol. The summed E-state index contributed by atoms with van der Waals surface area (Å²) in [5.41, 5.74) is 2.39. The zero-order valence-corrected chi connectivity index (χ0v) is 8.75. The molecule has 0 atom stereocenters. The smallest absolute Gasteiger partial charge is 0.0233 e. The first-order chi connectivity index (χ1) is 6.26. The summed E-state index contributed by atoms with van der Waals surface area (Å²) < 4.78 is 0. The van der Waals surface area contributed by atoms with Gasteiger partial charge in [0.1, 0.15) is 0 Å². The first-order valence-corrected chi connectivity index (χ1v) is 4.51. The lowest BCUT2D eigenvalue weighted by atomic mass is 10.1. The van der Waals surface area contributed by atoms with Gasteiger partial charge in [0, 0.05) is 0 Å². The molecule has 0 spiro atoms. The van der Waals surface area contributed by atoms with Crippen molar-refractivity contribution in [2.75, 3.05) is 0 Å². The fourth-order valence-electron chi connectivity index (χ4n) is 0.897. The Bertz CT molecular complexity index is 260. The molecular weight excluding hydrogens is 156 g/mol. The van der Waals surface area contributed by atoms with Crippen molar-refractivity contribution in [1.82, 2.24) is 0 Å². The summed E-state index contributed by atoms with van der Waals surface area (Å²) in [6, 6.07) is 0. The van der Waals surface area contributed by atoms with Crippen LogP contribution in [0.5, 0.6) is 0 Å². The summed E-state index contributed by atoms with van der Waals surface area (Å²) >= 11 is 0. The Morgan fingerprint density at radius 2 is 1.54 bits per heavy atom. The molecule has 0 fully saturated rings. The minimum atomic E-state index is 1.16. The summed E-state index contributed by atoms with van der Waals surface area (Å²) in [5, 5.41) is 0. The number of rotatable bonds is 4. The monoisotopic (exact) mass is 174 g/mol. The number of hydrogen-bond acceptors (Lipinski definition) is 0. The standard InChI is InChI=1S/C13H18/c1-5-8-10-12(4)13(7-3)11-9-6-2/h5-11H,3H2,1-2,4H3/b8-5-,9-6-,12-10+,13-11+. The molecule has 0 aliphatic rings. The van der Waals surface area contributed by atoms with Gasteiger partial charge in [0.25, 0.3) is 0 Å². The van der Waals surface area contributed by atoms with Gasteiger partial charge in [0.2, 0.25) is 0 Å². The molecule has 0 rings (SSSR count). The van der Waals surface area contributed by atoms with Gasteiger partial charge in [0.05, 0.1) is 0 Å². The van der Waals surface area contributed by atoms with Crippen LogP contribution in [0.1, 0.15) is 20.8 Å². The van der Waals surface area contributed by atoms with E-state index in [1.807, 2.05) is 44.2 Å². The zero-order chi connectivity index (χ0) is 10.1. The van der Waals surface area contributed by atoms with Crippen LogP contribution in [-0.2, 0) is 0 Å². The zero-order valence-electron chi connectivity index (χ0n) is 8.75. The molecule has 0 aromatic rings. The van der Waals surface area contributed by atoms with Crippen LogP contribution >= 0.6 is 0 Å². The highest BCUT2D eigenvalue weighted by atomic mass is 14.0. The van der Waals surface area contributed by atoms with Crippen molar-refractivity contribution in [1.29, 1.82) is 0 Å². The summed E-state index contributed by atoms with van der Waals surface area (Å²) in [6.45, 7) is 9.87. The summed E-state index contributed by atoms with van der Waals surface area (Å²) in [7, 11) is 0. The molecule has 0 amide bonds. The molecule has 13 heavy (non-hydrogen) atoms. The second-order valence-corrected chi connectivity index (χ2v) is 2.73. The summed E-state index contributed by atoms with van der Waals surface area (Å²) in [5.74, 6) is 0. The Hall–Kier alpha value is -1.30. The van der Waals surface area contributed by atoms with Crippen LogP contribution in [0, 0.1) is 0 Å². The van der Waals surface area contributed by atoms with Crippen molar-refractivity contribution < 1.29 is 0 Å². The Morgan fingerprint density at radius 1 is 1.00 bits per heavy atom. The number of allylic oxidation sites excluding steroid dienone is 9. The lowest BCUT2D eigenvalue weighted by molar-refractivity contribution is 1.43. The molecule has 0 aliphatic heterocycles. The molecule has 0 heteroatoms. The van der Waals surface area contributed by atoms with E-state index in [4.69, 9.17) is 0 Å². The van der Waals surface area contributed by atoms with Gasteiger partial charge in [-0.3, -0.25) is 0 Å². The van der Waals surface area contributed by atoms with Crippen molar-refractivity contribution in [3.05, 3.63) is 60.3 Å². The topological polar surface area (TPSA) is 0 Å². The lowest BCUT2D eigenvalue weighted by Gasteiger charge is -1.98. The largest absolute Gasteiger partial charge is 0.0985 e. The van der Waals surface area contributed by atoms with Gasteiger partial charge in [-0.25, -0.2) is 0 Å². The predicted octanol–water partition coefficient (Wildman–Crippen LogP) is 4.20. The molecular formula is C13H18. The molecule has 0 unspecified atom stereocenters. The van der Waals surface area contributed by atoms with Gasteiger partial charge in [-0.15, -0.1) is 0 Å². The first-order valence-electron chi connectivity index (χ1n) is 4.51. The first kappa shape index (κ1) is 11.7. The van der Waals surface area contributed by atoms with Gasteiger partial charge in [-0.1, -0.05) is 49.1 Å². The van der Waals surface area contributed by atoms with E-state index in [-0.39, 0.29) is 0 Å². The highest BCUT2D eigenvalue weighted by Gasteiger charge is 1.90. The highest BCUT2D eigenvalue weighted by Crippen LogP contribution is 2.10. The predicted molar refractivity (Wildman–Crippen MR) is 61.7 cm³/mol. The highest BCUT2D eigenvalue weighted by molar-refractivity contribution is 5.41. The SMILES string of the molecule is C=CC(=C\C=C/C)/C(C)=C/C=C\C. The van der Waals surface area contributed by atoms with E-state index >= 15 is 0 Å². The molecule has 0 heterocycles. The molecule has 0 radical (unpaired) electrons. The Kier molecular flexibility index (Phi) is 6.62. The maximum absolute atomic E-state index is 3.78. The van der Waals surface area contributed by atoms with E-state index in [1.165, 1.54) is 5.57 Å². The van der Waals surface area contributed by atoms with Gasteiger partial charge in [-0.2, -0.15) is 0 Å². The van der Waals surface area contributed by atoms with Crippen molar-refractivity contribution in [3.8, 4) is 0 Å². The molecule has 0 nitrogen and oxygen atoms in total. The molecule has 0 aliphatic carbocycles. The quantitative estimate of drug-likeness (QED) is 0.560. The lowest BCUT2D eigenvalue weighted by Crippen LogP contribution is -1.78. The third-order valence-electron chi connectivity index (χ3n) is 1.68. The summed E-state index contributed by atoms with van der Waals surface area (Å²) in [4.78, 5) is 0. The summed E-state index contributed by atoms with van der Waals surface area (Å²) in [6.07, 6.45) is 14.1. The van der Waals surface area contributed by atoms with Crippen molar-refractivity contribution in [3.63, 3.8) is 0 Å². The fraction of sp³-hybridized carbons (Fsp3) is 0.231. The molecule has 0 bridgehead atoms. The van der Waals surface area contributed by atoms with E-state index in [0.29, 0.717) is 0 Å². The Labute approximate surface area is 81.7 Å². The van der Waals surface area contributed by atoms with E-state index in [1.54, 1.807) is 0 Å². The van der Waals surface area contributed by atoms with E-state index in [2.05, 4.69) is 25.7 Å². The van der Waals surface area contributed by atoms with Gasteiger partial charge < -0.3 is 0 Å². The number of hydrogen-bond donors (Lipinski definition) is 0. The van der Waals surface area contributed by atoms with Crippen LogP contribution in [0.25, 0.3) is 0 Å². The minimum absolute atomic E-state index is 1.16. The van der Waals surface area contributed by atoms with E-state index in [9.17, 15) is 0 Å². The second kappa shape index (κ2) is 7.35. The minimum Gasteiger partial charge on any atom is -0.0985 e. The molecule has 0 saturated heterocycles. The van der Waals surface area contributed by atoms with Crippen LogP contribution in [0.4, 0.5) is 0 Å². The van der Waals surface area contributed by atoms with E-state index < -0.39 is 0 Å². The molecule has 0 aromatic heterocycles. The maximum Gasteiger partial charge on any atom is -0.0233 e. The van der Waals surface area contributed by atoms with Crippen LogP contribution in [-0.4, -0.2) is 0 Å². The van der Waals surface area contributed by atoms with Crippen molar-refractivity contribution >= 4 is 0 Å². The van der Waals surface area contributed by atoms with Gasteiger partial charge >= 0.3 is 0 Å². The average Bonchev–Trinajstić information content (AvgIpc) is 2.16. The molecule has 70 valence electrons. The van der Waals surface area contributed by atoms with E-state index in [0.717, 1.165) is 5.57 Å². The van der Waals surface area contributed by atoms with Crippen LogP contribution in [0.2, 0.25) is 0 Å². The third kappa shape index (κ3) is 5.02. The Balaban J connectivity index is 4.67. The van der Waals surface area contributed by atoms with Crippen molar-refractivity contribution in [2.45, 2.75) is 20.8 Å². The molecule has 0 aromatic carbocycles. The van der Waals surface area contributed by atoms with Gasteiger partial charge in [-0.05, 0) is 31.9 Å². The van der Waals surface area contributed by atoms with Crippen LogP contribution < -0.4 is 0 Å². The maximum atomic E-state index is 3.78. The molecule has 0 N–H and O–H groups in total. The van der Waals surface area contributed by atoms with Gasteiger partial charge in [0.15, 0.2) is 0 Å². The van der Waals surface area contributed by atoms with Crippen LogP contribution in [0.3, 0.4) is 0 Å². The van der Waals surface area contributed by atoms with Crippen LogP contribution in [0.15, 0.2) is 60.3 Å². The van der Waals surface area contributed by atoms with Crippen molar-refractivity contribution in [2.24, 2.45) is 0 Å².